The Bertz CT molecular complexity index is 1200. The highest BCUT2D eigenvalue weighted by atomic mass is 32.2. The second-order valence-corrected chi connectivity index (χ2v) is 8.89. The van der Waals surface area contributed by atoms with Crippen molar-refractivity contribution in [1.29, 1.82) is 0 Å². The van der Waals surface area contributed by atoms with E-state index in [1.165, 1.54) is 10.2 Å². The van der Waals surface area contributed by atoms with Crippen molar-refractivity contribution in [1.82, 2.24) is 8.87 Å². The Balaban J connectivity index is 1.80. The van der Waals surface area contributed by atoms with Gasteiger partial charge < -0.3 is 4.74 Å². The fraction of sp³-hybridized carbons (Fsp3) is 0.286. The van der Waals surface area contributed by atoms with E-state index in [2.05, 4.69) is 4.74 Å². The van der Waals surface area contributed by atoms with E-state index in [0.29, 0.717) is 23.0 Å². The van der Waals surface area contributed by atoms with E-state index >= 15 is 0 Å². The van der Waals surface area contributed by atoms with Crippen LogP contribution in [0.3, 0.4) is 0 Å². The van der Waals surface area contributed by atoms with Gasteiger partial charge in [-0.25, -0.2) is 17.2 Å². The van der Waals surface area contributed by atoms with Crippen molar-refractivity contribution >= 4 is 26.9 Å². The number of carbonyl (C=O) groups is 1. The smallest absolute Gasteiger partial charge is 0.458 e. The highest BCUT2D eigenvalue weighted by molar-refractivity contribution is 7.90. The van der Waals surface area contributed by atoms with Crippen LogP contribution in [-0.2, 0) is 26.1 Å². The number of halogens is 3. The molecule has 0 aliphatic rings. The molecule has 0 fully saturated rings. The highest BCUT2D eigenvalue weighted by Crippen LogP contribution is 2.27. The van der Waals surface area contributed by atoms with E-state index in [9.17, 15) is 26.4 Å². The van der Waals surface area contributed by atoms with Gasteiger partial charge in [0.05, 0.1) is 10.4 Å². The standard InChI is InChI=1S/C21H21F3N2O4S/c1-15-6-3-4-9-19(15)31(28,29)26-11-10-17-16(7-5-8-18(17)26)14-25(2)12-13-30-20(27)21(22,23)24/h3-11H,12-14H2,1-2H3. The molecule has 0 saturated heterocycles. The number of carbonyl (C=O) groups excluding carboxylic acids is 1. The fourth-order valence-corrected chi connectivity index (χ4v) is 4.83. The van der Waals surface area contributed by atoms with Gasteiger partial charge in [0.2, 0.25) is 0 Å². The van der Waals surface area contributed by atoms with Crippen LogP contribution in [0.1, 0.15) is 11.1 Å². The third-order valence-electron chi connectivity index (χ3n) is 4.80. The average molecular weight is 454 g/mol. The van der Waals surface area contributed by atoms with Crippen molar-refractivity contribution in [2.75, 3.05) is 20.2 Å². The van der Waals surface area contributed by atoms with Gasteiger partial charge in [-0.05, 0) is 43.3 Å². The molecule has 0 aliphatic carbocycles. The third-order valence-corrected chi connectivity index (χ3v) is 6.65. The molecule has 0 spiro atoms. The summed E-state index contributed by atoms with van der Waals surface area (Å²) in [6, 6.07) is 13.6. The van der Waals surface area contributed by atoms with Gasteiger partial charge in [0.15, 0.2) is 0 Å². The topological polar surface area (TPSA) is 68.6 Å². The first-order valence-corrected chi connectivity index (χ1v) is 10.8. The Kier molecular flexibility index (Phi) is 6.42. The number of ether oxygens (including phenoxy) is 1. The van der Waals surface area contributed by atoms with Gasteiger partial charge >= 0.3 is 12.1 Å². The zero-order valence-electron chi connectivity index (χ0n) is 16.9. The van der Waals surface area contributed by atoms with Crippen LogP contribution in [-0.4, -0.2) is 49.6 Å². The number of hydrogen-bond donors (Lipinski definition) is 0. The first-order chi connectivity index (χ1) is 14.5. The molecule has 3 aromatic rings. The monoisotopic (exact) mass is 454 g/mol. The summed E-state index contributed by atoms with van der Waals surface area (Å²) in [7, 11) is -2.13. The zero-order valence-corrected chi connectivity index (χ0v) is 17.7. The van der Waals surface area contributed by atoms with E-state index < -0.39 is 28.8 Å². The quantitative estimate of drug-likeness (QED) is 0.509. The van der Waals surface area contributed by atoms with Gasteiger partial charge in [-0.1, -0.05) is 30.3 Å². The summed E-state index contributed by atoms with van der Waals surface area (Å²) in [6.45, 7) is 1.73. The van der Waals surface area contributed by atoms with Gasteiger partial charge in [0, 0.05) is 24.7 Å². The number of likely N-dealkylation sites (N-methyl/N-ethyl adjacent to an activating group) is 1. The van der Waals surface area contributed by atoms with Crippen molar-refractivity contribution in [3.63, 3.8) is 0 Å². The highest BCUT2D eigenvalue weighted by Gasteiger charge is 2.40. The fourth-order valence-electron chi connectivity index (χ4n) is 3.25. The van der Waals surface area contributed by atoms with Crippen molar-refractivity contribution in [3.05, 3.63) is 65.9 Å². The molecular weight excluding hydrogens is 433 g/mol. The largest absolute Gasteiger partial charge is 0.490 e. The number of aryl methyl sites for hydroxylation is 1. The first kappa shape index (κ1) is 22.8. The van der Waals surface area contributed by atoms with E-state index in [1.54, 1.807) is 61.3 Å². The SMILES string of the molecule is Cc1ccccc1S(=O)(=O)n1ccc2c(CN(C)CCOC(=O)C(F)(F)F)cccc21. The van der Waals surface area contributed by atoms with E-state index in [1.807, 2.05) is 6.07 Å². The lowest BCUT2D eigenvalue weighted by Gasteiger charge is -2.18. The van der Waals surface area contributed by atoms with Crippen LogP contribution in [0.5, 0.6) is 0 Å². The molecule has 3 rings (SSSR count). The molecule has 1 heterocycles. The lowest BCUT2D eigenvalue weighted by Crippen LogP contribution is -2.29. The predicted octanol–water partition coefficient (Wildman–Crippen LogP) is 3.72. The van der Waals surface area contributed by atoms with Crippen molar-refractivity contribution in [3.8, 4) is 0 Å². The maximum atomic E-state index is 13.2. The molecule has 0 amide bonds. The second-order valence-electron chi connectivity index (χ2n) is 7.10. The molecule has 166 valence electrons. The summed E-state index contributed by atoms with van der Waals surface area (Å²) >= 11 is 0. The molecule has 0 saturated carbocycles. The minimum absolute atomic E-state index is 0.0838. The van der Waals surface area contributed by atoms with Crippen LogP contribution >= 0.6 is 0 Å². The van der Waals surface area contributed by atoms with Crippen LogP contribution < -0.4 is 0 Å². The minimum atomic E-state index is -5.02. The Hall–Kier alpha value is -2.85. The average Bonchev–Trinajstić information content (AvgIpc) is 3.13. The van der Waals surface area contributed by atoms with E-state index in [0.717, 1.165) is 5.56 Å². The van der Waals surface area contributed by atoms with Gasteiger partial charge in [0.1, 0.15) is 6.61 Å². The first-order valence-electron chi connectivity index (χ1n) is 9.34. The van der Waals surface area contributed by atoms with Crippen LogP contribution in [0.25, 0.3) is 10.9 Å². The molecule has 0 unspecified atom stereocenters. The summed E-state index contributed by atoms with van der Waals surface area (Å²) in [5.41, 5.74) is 1.92. The Morgan fingerprint density at radius 3 is 2.48 bits per heavy atom. The lowest BCUT2D eigenvalue weighted by atomic mass is 10.1. The summed E-state index contributed by atoms with van der Waals surface area (Å²) in [5.74, 6) is -2.22. The predicted molar refractivity (Wildman–Crippen MR) is 109 cm³/mol. The second kappa shape index (κ2) is 8.72. The van der Waals surface area contributed by atoms with Gasteiger partial charge in [0.25, 0.3) is 10.0 Å². The number of rotatable bonds is 7. The number of aromatic nitrogens is 1. The maximum absolute atomic E-state index is 13.2. The Labute approximate surface area is 177 Å². The molecular formula is C21H21F3N2O4S. The number of alkyl halides is 3. The lowest BCUT2D eigenvalue weighted by molar-refractivity contribution is -0.199. The number of fused-ring (bicyclic) bond motifs is 1. The molecule has 0 aliphatic heterocycles. The maximum Gasteiger partial charge on any atom is 0.490 e. The molecule has 6 nitrogen and oxygen atoms in total. The van der Waals surface area contributed by atoms with E-state index in [-0.39, 0.29) is 11.4 Å². The molecule has 31 heavy (non-hydrogen) atoms. The van der Waals surface area contributed by atoms with Gasteiger partial charge in [-0.3, -0.25) is 4.90 Å². The number of hydrogen-bond acceptors (Lipinski definition) is 5. The van der Waals surface area contributed by atoms with Crippen LogP contribution in [0.2, 0.25) is 0 Å². The number of esters is 1. The van der Waals surface area contributed by atoms with E-state index in [4.69, 9.17) is 0 Å². The van der Waals surface area contributed by atoms with Crippen molar-refractivity contribution < 1.29 is 31.1 Å². The summed E-state index contributed by atoms with van der Waals surface area (Å²) in [4.78, 5) is 12.7. The zero-order chi connectivity index (χ0) is 22.8. The van der Waals surface area contributed by atoms with Crippen LogP contribution in [0, 0.1) is 6.92 Å². The molecule has 0 N–H and O–H groups in total. The summed E-state index contributed by atoms with van der Waals surface area (Å²) in [6.07, 6.45) is -3.53. The number of benzene rings is 2. The Morgan fingerprint density at radius 2 is 1.81 bits per heavy atom. The molecule has 2 aromatic carbocycles. The normalized spacial score (nSPS) is 12.5. The molecule has 0 atom stereocenters. The minimum Gasteiger partial charge on any atom is -0.458 e. The molecule has 0 radical (unpaired) electrons. The summed E-state index contributed by atoms with van der Waals surface area (Å²) < 4.78 is 68.4. The molecule has 0 bridgehead atoms. The van der Waals surface area contributed by atoms with Crippen molar-refractivity contribution in [2.24, 2.45) is 0 Å². The van der Waals surface area contributed by atoms with Crippen LogP contribution in [0.4, 0.5) is 13.2 Å². The summed E-state index contributed by atoms with van der Waals surface area (Å²) in [5, 5.41) is 0.707. The molecule has 1 aromatic heterocycles. The van der Waals surface area contributed by atoms with Crippen LogP contribution in [0.15, 0.2) is 59.6 Å². The Morgan fingerprint density at radius 1 is 1.10 bits per heavy atom. The van der Waals surface area contributed by atoms with Crippen molar-refractivity contribution in [2.45, 2.75) is 24.5 Å². The number of nitrogens with zero attached hydrogens (tertiary/aromatic N) is 2. The third kappa shape index (κ3) is 4.91. The van der Waals surface area contributed by atoms with Gasteiger partial charge in [-0.15, -0.1) is 0 Å². The molecule has 10 heteroatoms. The van der Waals surface area contributed by atoms with Gasteiger partial charge in [-0.2, -0.15) is 13.2 Å².